The van der Waals surface area contributed by atoms with Crippen molar-refractivity contribution in [3.63, 3.8) is 0 Å². The molecule has 1 N–H and O–H groups in total. The van der Waals surface area contributed by atoms with Gasteiger partial charge in [0.2, 0.25) is 0 Å². The van der Waals surface area contributed by atoms with Gasteiger partial charge in [0.15, 0.2) is 5.82 Å². The number of para-hydroxylation sites is 2. The number of rotatable bonds is 4. The third-order valence-electron chi connectivity index (χ3n) is 5.46. The first kappa shape index (κ1) is 19.0. The van der Waals surface area contributed by atoms with Gasteiger partial charge in [-0.1, -0.05) is 48.9 Å². The van der Waals surface area contributed by atoms with Crippen LogP contribution in [-0.2, 0) is 6.42 Å². The summed E-state index contributed by atoms with van der Waals surface area (Å²) in [6.45, 7) is 4.21. The van der Waals surface area contributed by atoms with Crippen LogP contribution in [0.15, 0.2) is 79.0 Å². The van der Waals surface area contributed by atoms with Gasteiger partial charge in [-0.05, 0) is 49.7 Å². The predicted molar refractivity (Wildman–Crippen MR) is 123 cm³/mol. The van der Waals surface area contributed by atoms with Crippen molar-refractivity contribution in [2.45, 2.75) is 20.3 Å². The predicted octanol–water partition coefficient (Wildman–Crippen LogP) is 5.73. The summed E-state index contributed by atoms with van der Waals surface area (Å²) in [6.07, 6.45) is 2.57. The quantitative estimate of drug-likeness (QED) is 0.414. The Balaban J connectivity index is 1.79. The smallest absolute Gasteiger partial charge is 0.173 e. The van der Waals surface area contributed by atoms with Gasteiger partial charge in [-0.15, -0.1) is 0 Å². The number of hydrogen-bond donors (Lipinski definition) is 1. The molecule has 2 heterocycles. The number of hydrogen-bond acceptors (Lipinski definition) is 4. The van der Waals surface area contributed by atoms with E-state index in [-0.39, 0.29) is 5.75 Å². The standard InChI is InChI=1S/C26H22N4O/c1-3-21-25(18-10-8-17(2)9-11-18)29-30(26(21)19-12-14-20(31)15-13-19)24-16-27-22-6-4-5-7-23(22)28-24/h4-16,31H,3H2,1-2H3. The second-order valence-electron chi connectivity index (χ2n) is 7.57. The number of aromatic nitrogens is 4. The summed E-state index contributed by atoms with van der Waals surface area (Å²) >= 11 is 0. The van der Waals surface area contributed by atoms with Crippen LogP contribution in [0.2, 0.25) is 0 Å². The lowest BCUT2D eigenvalue weighted by Crippen LogP contribution is -2.03. The number of aromatic hydroxyl groups is 1. The first-order chi connectivity index (χ1) is 15.1. The van der Waals surface area contributed by atoms with Crippen LogP contribution in [0.3, 0.4) is 0 Å². The van der Waals surface area contributed by atoms with Crippen LogP contribution >= 0.6 is 0 Å². The Morgan fingerprint density at radius 2 is 1.52 bits per heavy atom. The maximum Gasteiger partial charge on any atom is 0.173 e. The van der Waals surface area contributed by atoms with Gasteiger partial charge >= 0.3 is 0 Å². The minimum absolute atomic E-state index is 0.233. The van der Waals surface area contributed by atoms with Crippen LogP contribution in [0.4, 0.5) is 0 Å². The number of phenols is 1. The van der Waals surface area contributed by atoms with Crippen molar-refractivity contribution in [1.29, 1.82) is 0 Å². The van der Waals surface area contributed by atoms with Crippen molar-refractivity contribution in [3.8, 4) is 34.1 Å². The van der Waals surface area contributed by atoms with Crippen LogP contribution in [-0.4, -0.2) is 24.9 Å². The zero-order valence-electron chi connectivity index (χ0n) is 17.4. The number of phenolic OH excluding ortho intramolecular Hbond substituents is 1. The molecule has 31 heavy (non-hydrogen) atoms. The van der Waals surface area contributed by atoms with Gasteiger partial charge in [-0.3, -0.25) is 4.98 Å². The van der Waals surface area contributed by atoms with E-state index in [9.17, 15) is 5.11 Å². The van der Waals surface area contributed by atoms with Crippen LogP contribution in [0.1, 0.15) is 18.1 Å². The first-order valence-electron chi connectivity index (χ1n) is 10.3. The molecule has 0 bridgehead atoms. The summed E-state index contributed by atoms with van der Waals surface area (Å²) in [6, 6.07) is 23.5. The van der Waals surface area contributed by atoms with Crippen LogP contribution in [0, 0.1) is 6.92 Å². The van der Waals surface area contributed by atoms with E-state index in [4.69, 9.17) is 10.1 Å². The van der Waals surface area contributed by atoms with E-state index >= 15 is 0 Å². The highest BCUT2D eigenvalue weighted by molar-refractivity contribution is 5.78. The van der Waals surface area contributed by atoms with Gasteiger partial charge in [0.25, 0.3) is 0 Å². The molecule has 5 heteroatoms. The molecule has 0 aliphatic rings. The largest absolute Gasteiger partial charge is 0.508 e. The molecule has 3 aromatic carbocycles. The Morgan fingerprint density at radius 1 is 0.839 bits per heavy atom. The van der Waals surface area contributed by atoms with Crippen LogP contribution < -0.4 is 0 Å². The molecule has 0 unspecified atom stereocenters. The molecule has 0 radical (unpaired) electrons. The maximum absolute atomic E-state index is 9.80. The third-order valence-corrected chi connectivity index (χ3v) is 5.46. The molecule has 0 atom stereocenters. The molecule has 5 nitrogen and oxygen atoms in total. The molecule has 0 spiro atoms. The fourth-order valence-corrected chi connectivity index (χ4v) is 3.86. The Kier molecular flexibility index (Phi) is 4.71. The Labute approximate surface area is 180 Å². The van der Waals surface area contributed by atoms with Crippen molar-refractivity contribution < 1.29 is 5.11 Å². The molecule has 0 amide bonds. The molecule has 152 valence electrons. The minimum Gasteiger partial charge on any atom is -0.508 e. The number of benzene rings is 3. The van der Waals surface area contributed by atoms with E-state index < -0.39 is 0 Å². The van der Waals surface area contributed by atoms with Crippen molar-refractivity contribution in [1.82, 2.24) is 19.7 Å². The first-order valence-corrected chi connectivity index (χ1v) is 10.3. The summed E-state index contributed by atoms with van der Waals surface area (Å²) in [4.78, 5) is 9.43. The lowest BCUT2D eigenvalue weighted by molar-refractivity contribution is 0.475. The molecular formula is C26H22N4O. The molecule has 0 fully saturated rings. The van der Waals surface area contributed by atoms with Crippen molar-refractivity contribution in [2.75, 3.05) is 0 Å². The second kappa shape index (κ2) is 7.69. The number of nitrogens with zero attached hydrogens (tertiary/aromatic N) is 4. The van der Waals surface area contributed by atoms with Crippen molar-refractivity contribution in [2.24, 2.45) is 0 Å². The van der Waals surface area contributed by atoms with Crippen molar-refractivity contribution in [3.05, 3.63) is 90.1 Å². The van der Waals surface area contributed by atoms with E-state index in [2.05, 4.69) is 43.1 Å². The van der Waals surface area contributed by atoms with E-state index in [1.165, 1.54) is 5.56 Å². The zero-order valence-corrected chi connectivity index (χ0v) is 17.4. The SMILES string of the molecule is CCc1c(-c2ccc(C)cc2)nn(-c2cnc3ccccc3n2)c1-c1ccc(O)cc1. The fourth-order valence-electron chi connectivity index (χ4n) is 3.86. The Morgan fingerprint density at radius 3 is 2.23 bits per heavy atom. The molecular weight excluding hydrogens is 384 g/mol. The Hall–Kier alpha value is -3.99. The summed E-state index contributed by atoms with van der Waals surface area (Å²) < 4.78 is 1.87. The highest BCUT2D eigenvalue weighted by Crippen LogP contribution is 2.35. The van der Waals surface area contributed by atoms with Crippen LogP contribution in [0.25, 0.3) is 39.4 Å². The highest BCUT2D eigenvalue weighted by atomic mass is 16.3. The van der Waals surface area contributed by atoms with Crippen molar-refractivity contribution >= 4 is 11.0 Å². The molecule has 0 aliphatic carbocycles. The maximum atomic E-state index is 9.80. The van der Waals surface area contributed by atoms with Gasteiger partial charge in [-0.25, -0.2) is 9.67 Å². The third kappa shape index (κ3) is 3.44. The topological polar surface area (TPSA) is 63.8 Å². The van der Waals surface area contributed by atoms with E-state index in [1.54, 1.807) is 18.3 Å². The molecule has 5 aromatic rings. The van der Waals surface area contributed by atoms with E-state index in [0.29, 0.717) is 5.82 Å². The molecule has 5 rings (SSSR count). The molecule has 0 aliphatic heterocycles. The van der Waals surface area contributed by atoms with Gasteiger partial charge in [0.1, 0.15) is 5.75 Å². The van der Waals surface area contributed by atoms with Crippen LogP contribution in [0.5, 0.6) is 5.75 Å². The van der Waals surface area contributed by atoms with E-state index in [0.717, 1.165) is 45.5 Å². The van der Waals surface area contributed by atoms with E-state index in [1.807, 2.05) is 41.1 Å². The second-order valence-corrected chi connectivity index (χ2v) is 7.57. The Bertz CT molecular complexity index is 1370. The molecule has 0 saturated carbocycles. The van der Waals surface area contributed by atoms with Gasteiger partial charge in [0, 0.05) is 16.7 Å². The van der Waals surface area contributed by atoms with Gasteiger partial charge in [-0.2, -0.15) is 5.10 Å². The summed E-state index contributed by atoms with van der Waals surface area (Å²) in [5.74, 6) is 0.895. The summed E-state index contributed by atoms with van der Waals surface area (Å²) in [7, 11) is 0. The van der Waals surface area contributed by atoms with Gasteiger partial charge < -0.3 is 5.11 Å². The lowest BCUT2D eigenvalue weighted by atomic mass is 9.99. The fraction of sp³-hybridized carbons (Fsp3) is 0.115. The zero-order chi connectivity index (χ0) is 21.4. The lowest BCUT2D eigenvalue weighted by Gasteiger charge is -2.09. The monoisotopic (exact) mass is 406 g/mol. The summed E-state index contributed by atoms with van der Waals surface area (Å²) in [5, 5.41) is 14.8. The molecule has 0 saturated heterocycles. The highest BCUT2D eigenvalue weighted by Gasteiger charge is 2.21. The van der Waals surface area contributed by atoms with Gasteiger partial charge in [0.05, 0.1) is 28.6 Å². The normalized spacial score (nSPS) is 11.2. The number of fused-ring (bicyclic) bond motifs is 1. The average molecular weight is 406 g/mol. The molecule has 2 aromatic heterocycles. The number of aryl methyl sites for hydroxylation is 1. The summed E-state index contributed by atoms with van der Waals surface area (Å²) in [5.41, 5.74) is 7.93. The minimum atomic E-state index is 0.233. The average Bonchev–Trinajstić information content (AvgIpc) is 3.19.